The van der Waals surface area contributed by atoms with E-state index in [1.54, 1.807) is 0 Å². The molecule has 10 aromatic rings. The van der Waals surface area contributed by atoms with Crippen LogP contribution >= 0.6 is 0 Å². The molecule has 4 heterocycles. The molecule has 3 aliphatic rings. The topological polar surface area (TPSA) is 32.8 Å². The van der Waals surface area contributed by atoms with Crippen molar-refractivity contribution in [1.82, 2.24) is 0 Å². The minimum atomic E-state index is -0.189. The monoisotopic (exact) mass is 716 g/mol. The van der Waals surface area contributed by atoms with Crippen molar-refractivity contribution in [2.75, 3.05) is 9.80 Å². The standard InChI is InChI=1S/C51H33BN2O2/c1-51(2)36-19-6-3-15-30(36)33-18-13-24-41(46(33)51)53-39-22-9-7-20-37(39)52-38-21-8-10-23-40(38)54(43-26-14-25-42(53)47(43)52)48-49-34(31-16-4-11-27-44(31)55-49)29-35-32-17-5-12-28-45(32)56-50(35)48/h3-29H,1-2H3. The molecule has 4 nitrogen and oxygen atoms in total. The minimum absolute atomic E-state index is 0.0177. The second kappa shape index (κ2) is 10.6. The molecule has 262 valence electrons. The van der Waals surface area contributed by atoms with Crippen LogP contribution in [0.1, 0.15) is 25.0 Å². The van der Waals surface area contributed by atoms with Crippen LogP contribution in [0.3, 0.4) is 0 Å². The van der Waals surface area contributed by atoms with E-state index in [2.05, 4.69) is 175 Å². The second-order valence-electron chi connectivity index (χ2n) is 16.0. The zero-order valence-electron chi connectivity index (χ0n) is 30.9. The molecule has 0 spiro atoms. The van der Waals surface area contributed by atoms with Gasteiger partial charge >= 0.3 is 0 Å². The molecule has 13 rings (SSSR count). The van der Waals surface area contributed by atoms with Crippen molar-refractivity contribution < 1.29 is 8.83 Å². The van der Waals surface area contributed by atoms with Crippen LogP contribution in [0.2, 0.25) is 0 Å². The minimum Gasteiger partial charge on any atom is -0.454 e. The van der Waals surface area contributed by atoms with Gasteiger partial charge in [-0.25, -0.2) is 0 Å². The quantitative estimate of drug-likeness (QED) is 0.167. The molecular weight excluding hydrogens is 683 g/mol. The maximum Gasteiger partial charge on any atom is 0.252 e. The van der Waals surface area contributed by atoms with Crippen LogP contribution in [-0.4, -0.2) is 6.71 Å². The largest absolute Gasteiger partial charge is 0.454 e. The molecule has 0 atom stereocenters. The first-order valence-corrected chi connectivity index (χ1v) is 19.5. The molecule has 0 saturated heterocycles. The summed E-state index contributed by atoms with van der Waals surface area (Å²) in [7, 11) is 0. The third-order valence-electron chi connectivity index (χ3n) is 12.8. The molecule has 0 bridgehead atoms. The normalized spacial score (nSPS) is 14.6. The Morgan fingerprint density at radius 3 is 1.64 bits per heavy atom. The van der Waals surface area contributed by atoms with Crippen molar-refractivity contribution >= 4 is 101 Å². The predicted molar refractivity (Wildman–Crippen MR) is 233 cm³/mol. The summed E-state index contributed by atoms with van der Waals surface area (Å²) in [6, 6.07) is 59.6. The first-order valence-electron chi connectivity index (χ1n) is 19.5. The Kier molecular flexibility index (Phi) is 5.76. The van der Waals surface area contributed by atoms with Gasteiger partial charge in [-0.05, 0) is 87.2 Å². The van der Waals surface area contributed by atoms with Gasteiger partial charge in [0.25, 0.3) is 6.71 Å². The van der Waals surface area contributed by atoms with Crippen molar-refractivity contribution in [3.8, 4) is 11.1 Å². The Bertz CT molecular complexity index is 3250. The van der Waals surface area contributed by atoms with E-state index in [1.165, 1.54) is 55.7 Å². The van der Waals surface area contributed by atoms with Crippen LogP contribution in [0.4, 0.5) is 34.1 Å². The highest BCUT2D eigenvalue weighted by molar-refractivity contribution is 7.00. The highest BCUT2D eigenvalue weighted by Crippen LogP contribution is 2.56. The summed E-state index contributed by atoms with van der Waals surface area (Å²) in [4.78, 5) is 4.98. The molecule has 0 unspecified atom stereocenters. The Morgan fingerprint density at radius 1 is 0.446 bits per heavy atom. The number of anilines is 6. The third kappa shape index (κ3) is 3.70. The van der Waals surface area contributed by atoms with Crippen molar-refractivity contribution in [3.05, 3.63) is 175 Å². The number of benzene rings is 8. The predicted octanol–water partition coefficient (Wildman–Crippen LogP) is 11.9. The fourth-order valence-electron chi connectivity index (χ4n) is 10.6. The van der Waals surface area contributed by atoms with Crippen LogP contribution < -0.4 is 26.2 Å². The first kappa shape index (κ1) is 30.4. The van der Waals surface area contributed by atoms with E-state index in [0.29, 0.717) is 0 Å². The molecular formula is C51H33BN2O2. The molecule has 56 heavy (non-hydrogen) atoms. The lowest BCUT2D eigenvalue weighted by atomic mass is 9.33. The summed E-state index contributed by atoms with van der Waals surface area (Å²) in [5.74, 6) is 0. The van der Waals surface area contributed by atoms with Gasteiger partial charge in [0.05, 0.1) is 5.69 Å². The molecule has 0 fully saturated rings. The Balaban J connectivity index is 1.15. The number of fused-ring (bicyclic) bond motifs is 13. The lowest BCUT2D eigenvalue weighted by molar-refractivity contribution is 0.656. The average Bonchev–Trinajstić information content (AvgIpc) is 3.88. The van der Waals surface area contributed by atoms with Gasteiger partial charge < -0.3 is 18.6 Å². The molecule has 5 heteroatoms. The van der Waals surface area contributed by atoms with Crippen LogP contribution in [0, 0.1) is 0 Å². The highest BCUT2D eigenvalue weighted by Gasteiger charge is 2.46. The zero-order valence-corrected chi connectivity index (χ0v) is 30.9. The van der Waals surface area contributed by atoms with Crippen molar-refractivity contribution in [1.29, 1.82) is 0 Å². The van der Waals surface area contributed by atoms with E-state index in [0.717, 1.165) is 60.9 Å². The maximum absolute atomic E-state index is 6.91. The molecule has 0 radical (unpaired) electrons. The summed E-state index contributed by atoms with van der Waals surface area (Å²) in [5.41, 5.74) is 19.1. The smallest absolute Gasteiger partial charge is 0.252 e. The third-order valence-corrected chi connectivity index (χ3v) is 12.8. The van der Waals surface area contributed by atoms with E-state index in [-0.39, 0.29) is 12.1 Å². The van der Waals surface area contributed by atoms with E-state index in [9.17, 15) is 0 Å². The fraction of sp³-hybridized carbons (Fsp3) is 0.0588. The lowest BCUT2D eigenvalue weighted by Crippen LogP contribution is -2.61. The van der Waals surface area contributed by atoms with Crippen molar-refractivity contribution in [2.24, 2.45) is 0 Å². The molecule has 0 saturated carbocycles. The summed E-state index contributed by atoms with van der Waals surface area (Å²) in [6.45, 7) is 4.78. The summed E-state index contributed by atoms with van der Waals surface area (Å²) in [5, 5.41) is 4.34. The molecule has 2 aliphatic heterocycles. The van der Waals surface area contributed by atoms with E-state index in [4.69, 9.17) is 8.83 Å². The molecule has 1 aliphatic carbocycles. The Hall–Kier alpha value is -6.98. The molecule has 2 aromatic heterocycles. The van der Waals surface area contributed by atoms with Gasteiger partial charge in [-0.2, -0.15) is 0 Å². The van der Waals surface area contributed by atoms with Crippen molar-refractivity contribution in [3.63, 3.8) is 0 Å². The zero-order chi connectivity index (χ0) is 36.9. The van der Waals surface area contributed by atoms with Gasteiger partial charge in [0.2, 0.25) is 0 Å². The molecule has 0 amide bonds. The number of hydrogen-bond donors (Lipinski definition) is 0. The summed E-state index contributed by atoms with van der Waals surface area (Å²) >= 11 is 0. The SMILES string of the molecule is CC1(C)c2ccccc2-c2cccc(N3c4ccccc4B4c5ccccc5N(c5c6oc7ccccc7c6cc6c5oc5ccccc56)c5cccc3c54)c21. The van der Waals surface area contributed by atoms with Gasteiger partial charge in [-0.1, -0.05) is 129 Å². The van der Waals surface area contributed by atoms with E-state index < -0.39 is 0 Å². The number of rotatable bonds is 2. The fourth-order valence-corrected chi connectivity index (χ4v) is 10.6. The number of furan rings is 2. The lowest BCUT2D eigenvalue weighted by Gasteiger charge is -2.44. The van der Waals surface area contributed by atoms with Crippen LogP contribution in [0.25, 0.3) is 55.0 Å². The van der Waals surface area contributed by atoms with Gasteiger partial charge in [0.1, 0.15) is 16.9 Å². The summed E-state index contributed by atoms with van der Waals surface area (Å²) < 4.78 is 13.8. The van der Waals surface area contributed by atoms with Gasteiger partial charge in [-0.3, -0.25) is 0 Å². The van der Waals surface area contributed by atoms with Gasteiger partial charge in [-0.15, -0.1) is 0 Å². The Labute approximate surface area is 323 Å². The highest BCUT2D eigenvalue weighted by atomic mass is 16.3. The maximum atomic E-state index is 6.91. The van der Waals surface area contributed by atoms with Gasteiger partial charge in [0, 0.05) is 49.7 Å². The second-order valence-corrected chi connectivity index (χ2v) is 16.0. The number of para-hydroxylation sites is 4. The van der Waals surface area contributed by atoms with Crippen LogP contribution in [0.5, 0.6) is 0 Å². The van der Waals surface area contributed by atoms with Crippen molar-refractivity contribution in [2.45, 2.75) is 19.3 Å². The first-order chi connectivity index (χ1) is 27.6. The number of hydrogen-bond acceptors (Lipinski definition) is 4. The van der Waals surface area contributed by atoms with Crippen LogP contribution in [0.15, 0.2) is 173 Å². The Morgan fingerprint density at radius 2 is 0.946 bits per heavy atom. The average molecular weight is 717 g/mol. The van der Waals surface area contributed by atoms with E-state index >= 15 is 0 Å². The van der Waals surface area contributed by atoms with Crippen LogP contribution in [-0.2, 0) is 5.41 Å². The van der Waals surface area contributed by atoms with Gasteiger partial charge in [0.15, 0.2) is 11.2 Å². The molecule has 0 N–H and O–H groups in total. The molecule has 8 aromatic carbocycles. The number of nitrogens with zero attached hydrogens (tertiary/aromatic N) is 2. The van der Waals surface area contributed by atoms with E-state index in [1.807, 2.05) is 12.1 Å². The summed E-state index contributed by atoms with van der Waals surface area (Å²) in [6.07, 6.45) is 0.